The Labute approximate surface area is 152 Å². The molecular formula is C22H21NOS. The molecule has 3 aromatic rings. The summed E-state index contributed by atoms with van der Waals surface area (Å²) < 4.78 is 0. The zero-order valence-electron chi connectivity index (χ0n) is 14.2. The summed E-state index contributed by atoms with van der Waals surface area (Å²) in [7, 11) is 0. The van der Waals surface area contributed by atoms with Crippen LogP contribution in [0, 0.1) is 0 Å². The van der Waals surface area contributed by atoms with Gasteiger partial charge in [0.05, 0.1) is 9.88 Å². The van der Waals surface area contributed by atoms with Gasteiger partial charge in [-0.25, -0.2) is 0 Å². The van der Waals surface area contributed by atoms with Gasteiger partial charge in [0.2, 0.25) is 5.78 Å². The van der Waals surface area contributed by atoms with E-state index in [1.54, 1.807) is 11.3 Å². The van der Waals surface area contributed by atoms with Crippen LogP contribution in [0.4, 0.5) is 5.00 Å². The maximum absolute atomic E-state index is 12.9. The fourth-order valence-corrected chi connectivity index (χ4v) is 4.58. The molecule has 0 bridgehead atoms. The van der Waals surface area contributed by atoms with E-state index in [9.17, 15) is 4.79 Å². The van der Waals surface area contributed by atoms with Gasteiger partial charge in [0.1, 0.15) is 0 Å². The maximum Gasteiger partial charge on any atom is 0.203 e. The summed E-state index contributed by atoms with van der Waals surface area (Å²) in [6, 6.07) is 22.1. The molecule has 0 aliphatic carbocycles. The van der Waals surface area contributed by atoms with Gasteiger partial charge in [0, 0.05) is 24.2 Å². The van der Waals surface area contributed by atoms with Crippen LogP contribution in [0.25, 0.3) is 11.1 Å². The average molecular weight is 347 g/mol. The third-order valence-corrected chi connectivity index (χ3v) is 5.89. The van der Waals surface area contributed by atoms with Gasteiger partial charge in [-0.2, -0.15) is 0 Å². The summed E-state index contributed by atoms with van der Waals surface area (Å²) in [4.78, 5) is 16.2. The molecular weight excluding hydrogens is 326 g/mol. The molecule has 1 aliphatic heterocycles. The molecule has 1 fully saturated rings. The standard InChI is InChI=1S/C22H21NOS/c24-21(18-12-6-2-7-13-18)20-16-19(17-10-4-1-5-11-17)22(25-20)23-14-8-3-9-15-23/h1-2,4-7,10-13,16H,3,8-9,14-15H2. The van der Waals surface area contributed by atoms with Gasteiger partial charge in [-0.15, -0.1) is 11.3 Å². The molecule has 0 unspecified atom stereocenters. The highest BCUT2D eigenvalue weighted by molar-refractivity contribution is 7.18. The first-order chi connectivity index (χ1) is 12.3. The quantitative estimate of drug-likeness (QED) is 0.570. The Hall–Kier alpha value is -2.39. The van der Waals surface area contributed by atoms with Crippen molar-refractivity contribution in [2.24, 2.45) is 0 Å². The van der Waals surface area contributed by atoms with Crippen molar-refractivity contribution < 1.29 is 4.79 Å². The second kappa shape index (κ2) is 7.24. The van der Waals surface area contributed by atoms with Crippen molar-refractivity contribution in [3.05, 3.63) is 77.2 Å². The molecule has 0 amide bonds. The lowest BCUT2D eigenvalue weighted by atomic mass is 10.0. The molecule has 2 nitrogen and oxygen atoms in total. The van der Waals surface area contributed by atoms with Crippen molar-refractivity contribution in [1.29, 1.82) is 0 Å². The number of rotatable bonds is 4. The SMILES string of the molecule is O=C(c1ccccc1)c1cc(-c2ccccc2)c(N2CCCCC2)s1. The first-order valence-electron chi connectivity index (χ1n) is 8.87. The predicted octanol–water partition coefficient (Wildman–Crippen LogP) is 5.64. The van der Waals surface area contributed by atoms with E-state index >= 15 is 0 Å². The largest absolute Gasteiger partial charge is 0.363 e. The zero-order valence-corrected chi connectivity index (χ0v) is 15.0. The highest BCUT2D eigenvalue weighted by Gasteiger charge is 2.22. The topological polar surface area (TPSA) is 20.3 Å². The minimum Gasteiger partial charge on any atom is -0.363 e. The molecule has 0 N–H and O–H groups in total. The van der Waals surface area contributed by atoms with Crippen molar-refractivity contribution in [3.63, 3.8) is 0 Å². The lowest BCUT2D eigenvalue weighted by Crippen LogP contribution is -2.28. The number of hydrogen-bond donors (Lipinski definition) is 0. The van der Waals surface area contributed by atoms with Crippen LogP contribution >= 0.6 is 11.3 Å². The first kappa shape index (κ1) is 16.1. The van der Waals surface area contributed by atoms with E-state index in [0.717, 1.165) is 23.5 Å². The van der Waals surface area contributed by atoms with Crippen LogP contribution in [-0.2, 0) is 0 Å². The minimum atomic E-state index is 0.117. The van der Waals surface area contributed by atoms with Gasteiger partial charge < -0.3 is 4.90 Å². The highest BCUT2D eigenvalue weighted by atomic mass is 32.1. The molecule has 0 spiro atoms. The van der Waals surface area contributed by atoms with Gasteiger partial charge in [0.25, 0.3) is 0 Å². The zero-order chi connectivity index (χ0) is 17.1. The number of ketones is 1. The van der Waals surface area contributed by atoms with E-state index in [-0.39, 0.29) is 5.78 Å². The van der Waals surface area contributed by atoms with E-state index in [1.807, 2.05) is 36.4 Å². The minimum absolute atomic E-state index is 0.117. The number of thiophene rings is 1. The van der Waals surface area contributed by atoms with Crippen LogP contribution in [0.2, 0.25) is 0 Å². The van der Waals surface area contributed by atoms with E-state index < -0.39 is 0 Å². The average Bonchev–Trinajstić information content (AvgIpc) is 3.15. The number of anilines is 1. The number of carbonyl (C=O) groups excluding carboxylic acids is 1. The third-order valence-electron chi connectivity index (χ3n) is 4.70. The van der Waals surface area contributed by atoms with Crippen LogP contribution in [0.1, 0.15) is 34.5 Å². The van der Waals surface area contributed by atoms with Crippen molar-refractivity contribution in [3.8, 4) is 11.1 Å². The fourth-order valence-electron chi connectivity index (χ4n) is 3.38. The molecule has 1 aliphatic rings. The highest BCUT2D eigenvalue weighted by Crippen LogP contribution is 2.40. The number of nitrogens with zero attached hydrogens (tertiary/aromatic N) is 1. The molecule has 1 saturated heterocycles. The summed E-state index contributed by atoms with van der Waals surface area (Å²) in [6.45, 7) is 2.17. The second-order valence-electron chi connectivity index (χ2n) is 6.44. The van der Waals surface area contributed by atoms with E-state index in [2.05, 4.69) is 35.2 Å². The van der Waals surface area contributed by atoms with Gasteiger partial charge in [0.15, 0.2) is 0 Å². The normalized spacial score (nSPS) is 14.5. The van der Waals surface area contributed by atoms with Crippen LogP contribution in [-0.4, -0.2) is 18.9 Å². The van der Waals surface area contributed by atoms with Crippen molar-refractivity contribution in [2.75, 3.05) is 18.0 Å². The van der Waals surface area contributed by atoms with Crippen LogP contribution in [0.3, 0.4) is 0 Å². The number of carbonyl (C=O) groups is 1. The van der Waals surface area contributed by atoms with Crippen molar-refractivity contribution in [1.82, 2.24) is 0 Å². The number of piperidine rings is 1. The Bertz CT molecular complexity index is 848. The van der Waals surface area contributed by atoms with Gasteiger partial charge in [-0.05, 0) is 30.9 Å². The first-order valence-corrected chi connectivity index (χ1v) is 9.68. The van der Waals surface area contributed by atoms with Gasteiger partial charge in [-0.1, -0.05) is 60.7 Å². The molecule has 1 aromatic heterocycles. The maximum atomic E-state index is 12.9. The van der Waals surface area contributed by atoms with Crippen LogP contribution < -0.4 is 4.90 Å². The fraction of sp³-hybridized carbons (Fsp3) is 0.227. The number of hydrogen-bond acceptors (Lipinski definition) is 3. The molecule has 0 atom stereocenters. The molecule has 0 saturated carbocycles. The summed E-state index contributed by atoms with van der Waals surface area (Å²) in [5.41, 5.74) is 3.13. The summed E-state index contributed by atoms with van der Waals surface area (Å²) in [6.07, 6.45) is 3.76. The molecule has 126 valence electrons. The van der Waals surface area contributed by atoms with Crippen molar-refractivity contribution >= 4 is 22.1 Å². The second-order valence-corrected chi connectivity index (χ2v) is 7.47. The lowest BCUT2D eigenvalue weighted by Gasteiger charge is -2.28. The van der Waals surface area contributed by atoms with Crippen molar-refractivity contribution in [2.45, 2.75) is 19.3 Å². The van der Waals surface area contributed by atoms with Gasteiger partial charge >= 0.3 is 0 Å². The lowest BCUT2D eigenvalue weighted by molar-refractivity contribution is 0.104. The van der Waals surface area contributed by atoms with E-state index in [4.69, 9.17) is 0 Å². The Morgan fingerprint density at radius 2 is 1.48 bits per heavy atom. The Morgan fingerprint density at radius 1 is 0.840 bits per heavy atom. The smallest absolute Gasteiger partial charge is 0.203 e. The predicted molar refractivity (Wildman–Crippen MR) is 106 cm³/mol. The van der Waals surface area contributed by atoms with Gasteiger partial charge in [-0.3, -0.25) is 4.79 Å². The molecule has 2 aromatic carbocycles. The molecule has 2 heterocycles. The molecule has 25 heavy (non-hydrogen) atoms. The number of benzene rings is 2. The summed E-state index contributed by atoms with van der Waals surface area (Å²) >= 11 is 1.64. The Morgan fingerprint density at radius 3 is 2.16 bits per heavy atom. The molecule has 4 rings (SSSR count). The molecule has 0 radical (unpaired) electrons. The van der Waals surface area contributed by atoms with Crippen LogP contribution in [0.15, 0.2) is 66.7 Å². The van der Waals surface area contributed by atoms with E-state index in [1.165, 1.54) is 35.4 Å². The van der Waals surface area contributed by atoms with Crippen LogP contribution in [0.5, 0.6) is 0 Å². The Kier molecular flexibility index (Phi) is 4.66. The summed E-state index contributed by atoms with van der Waals surface area (Å²) in [5.74, 6) is 0.117. The monoisotopic (exact) mass is 347 g/mol. The third kappa shape index (κ3) is 3.38. The van der Waals surface area contributed by atoms with E-state index in [0.29, 0.717) is 0 Å². The summed E-state index contributed by atoms with van der Waals surface area (Å²) in [5, 5.41) is 1.24. The Balaban J connectivity index is 1.76. The molecule has 3 heteroatoms.